The molecule has 0 aliphatic rings. The second-order valence-electron chi connectivity index (χ2n) is 3.56. The summed E-state index contributed by atoms with van der Waals surface area (Å²) in [6.07, 6.45) is -2.78. The minimum absolute atomic E-state index is 0.258. The van der Waals surface area contributed by atoms with Gasteiger partial charge in [0.2, 0.25) is 0 Å². The van der Waals surface area contributed by atoms with Crippen molar-refractivity contribution < 1.29 is 13.2 Å². The van der Waals surface area contributed by atoms with Gasteiger partial charge in [-0.25, -0.2) is 0 Å². The van der Waals surface area contributed by atoms with Crippen molar-refractivity contribution in [1.82, 2.24) is 0 Å². The molecule has 0 radical (unpaired) electrons. The van der Waals surface area contributed by atoms with E-state index in [9.17, 15) is 13.2 Å². The molecule has 0 amide bonds. The van der Waals surface area contributed by atoms with Crippen LogP contribution in [0.25, 0.3) is 0 Å². The fourth-order valence-electron chi connectivity index (χ4n) is 1.58. The Morgan fingerprint density at radius 3 is 2.40 bits per heavy atom. The van der Waals surface area contributed by atoms with E-state index in [1.165, 1.54) is 25.1 Å². The van der Waals surface area contributed by atoms with Crippen LogP contribution in [0.4, 0.5) is 13.2 Å². The third-order valence-corrected chi connectivity index (χ3v) is 2.43. The molecular formula is C12H13F3. The van der Waals surface area contributed by atoms with Gasteiger partial charge >= 0.3 is 6.18 Å². The van der Waals surface area contributed by atoms with E-state index in [1.807, 2.05) is 0 Å². The lowest BCUT2D eigenvalue weighted by Gasteiger charge is -2.18. The second-order valence-corrected chi connectivity index (χ2v) is 3.56. The standard InChI is InChI=1S/C12H13F3/c1-4-8(2)10-7-5-6-9(3)11(10)12(13,14)15/h4-8H,1H2,2-3H3. The Morgan fingerprint density at radius 2 is 1.93 bits per heavy atom. The molecule has 0 aromatic heterocycles. The van der Waals surface area contributed by atoms with Crippen LogP contribution in [-0.2, 0) is 6.18 Å². The van der Waals surface area contributed by atoms with Gasteiger partial charge in [-0.1, -0.05) is 31.2 Å². The quantitative estimate of drug-likeness (QED) is 0.644. The molecular weight excluding hydrogens is 201 g/mol. The molecule has 0 saturated carbocycles. The van der Waals surface area contributed by atoms with Crippen molar-refractivity contribution in [2.75, 3.05) is 0 Å². The van der Waals surface area contributed by atoms with E-state index in [4.69, 9.17) is 0 Å². The van der Waals surface area contributed by atoms with Gasteiger partial charge < -0.3 is 0 Å². The molecule has 1 unspecified atom stereocenters. The average molecular weight is 214 g/mol. The maximum absolute atomic E-state index is 12.8. The molecule has 0 aliphatic heterocycles. The highest BCUT2D eigenvalue weighted by Crippen LogP contribution is 2.37. The monoisotopic (exact) mass is 214 g/mol. The molecule has 82 valence electrons. The number of halogens is 3. The Hall–Kier alpha value is -1.25. The Labute approximate surface area is 87.4 Å². The van der Waals surface area contributed by atoms with Gasteiger partial charge in [0, 0.05) is 0 Å². The number of allylic oxidation sites excluding steroid dienone is 1. The van der Waals surface area contributed by atoms with Gasteiger partial charge in [0.15, 0.2) is 0 Å². The lowest BCUT2D eigenvalue weighted by atomic mass is 9.92. The minimum atomic E-state index is -4.29. The maximum atomic E-state index is 12.8. The number of hydrogen-bond acceptors (Lipinski definition) is 0. The van der Waals surface area contributed by atoms with Crippen LogP contribution in [0.5, 0.6) is 0 Å². The second kappa shape index (κ2) is 4.09. The van der Waals surface area contributed by atoms with Crippen molar-refractivity contribution in [2.45, 2.75) is 25.9 Å². The predicted molar refractivity (Wildman–Crippen MR) is 54.8 cm³/mol. The van der Waals surface area contributed by atoms with Crippen LogP contribution in [0, 0.1) is 6.92 Å². The highest BCUT2D eigenvalue weighted by Gasteiger charge is 2.35. The van der Waals surface area contributed by atoms with Crippen molar-refractivity contribution in [1.29, 1.82) is 0 Å². The highest BCUT2D eigenvalue weighted by atomic mass is 19.4. The zero-order valence-electron chi connectivity index (χ0n) is 8.73. The molecule has 0 fully saturated rings. The van der Waals surface area contributed by atoms with Crippen LogP contribution in [0.15, 0.2) is 30.9 Å². The van der Waals surface area contributed by atoms with Crippen molar-refractivity contribution in [2.24, 2.45) is 0 Å². The fraction of sp³-hybridized carbons (Fsp3) is 0.333. The summed E-state index contributed by atoms with van der Waals surface area (Å²) in [4.78, 5) is 0. The van der Waals surface area contributed by atoms with Crippen LogP contribution >= 0.6 is 0 Å². The van der Waals surface area contributed by atoms with Crippen LogP contribution in [0.1, 0.15) is 29.5 Å². The number of benzene rings is 1. The summed E-state index contributed by atoms with van der Waals surface area (Å²) in [5, 5.41) is 0. The largest absolute Gasteiger partial charge is 0.416 e. The average Bonchev–Trinajstić information content (AvgIpc) is 2.14. The van der Waals surface area contributed by atoms with E-state index in [0.717, 1.165) is 0 Å². The fourth-order valence-corrected chi connectivity index (χ4v) is 1.58. The predicted octanol–water partition coefficient (Wildman–Crippen LogP) is 4.30. The number of alkyl halides is 3. The SMILES string of the molecule is C=CC(C)c1cccc(C)c1C(F)(F)F. The van der Waals surface area contributed by atoms with Gasteiger partial charge in [0.05, 0.1) is 5.56 Å². The Kier molecular flexibility index (Phi) is 3.22. The summed E-state index contributed by atoms with van der Waals surface area (Å²) < 4.78 is 38.3. The Bertz CT molecular complexity index is 364. The Balaban J connectivity index is 3.39. The zero-order valence-corrected chi connectivity index (χ0v) is 8.73. The van der Waals surface area contributed by atoms with Crippen molar-refractivity contribution in [3.05, 3.63) is 47.5 Å². The molecule has 1 aromatic carbocycles. The molecule has 0 heterocycles. The summed E-state index contributed by atoms with van der Waals surface area (Å²) in [6, 6.07) is 4.62. The van der Waals surface area contributed by atoms with Gasteiger partial charge in [0.1, 0.15) is 0 Å². The summed E-state index contributed by atoms with van der Waals surface area (Å²) in [6.45, 7) is 6.70. The van der Waals surface area contributed by atoms with Crippen LogP contribution in [0.2, 0.25) is 0 Å². The molecule has 1 aromatic rings. The number of hydrogen-bond donors (Lipinski definition) is 0. The number of rotatable bonds is 2. The maximum Gasteiger partial charge on any atom is 0.416 e. The van der Waals surface area contributed by atoms with Crippen molar-refractivity contribution in [3.8, 4) is 0 Å². The molecule has 0 N–H and O–H groups in total. The van der Waals surface area contributed by atoms with Gasteiger partial charge in [-0.3, -0.25) is 0 Å². The first kappa shape index (κ1) is 11.8. The molecule has 1 rings (SSSR count). The molecule has 0 saturated heterocycles. The van der Waals surface area contributed by atoms with E-state index in [1.54, 1.807) is 13.0 Å². The lowest BCUT2D eigenvalue weighted by molar-refractivity contribution is -0.138. The zero-order chi connectivity index (χ0) is 11.6. The first-order valence-electron chi connectivity index (χ1n) is 4.67. The van der Waals surface area contributed by atoms with Crippen LogP contribution < -0.4 is 0 Å². The summed E-state index contributed by atoms with van der Waals surface area (Å²) in [7, 11) is 0. The van der Waals surface area contributed by atoms with Crippen LogP contribution in [0.3, 0.4) is 0 Å². The summed E-state index contributed by atoms with van der Waals surface area (Å²) in [5.41, 5.74) is 0.0172. The van der Waals surface area contributed by atoms with E-state index >= 15 is 0 Å². The molecule has 1 atom stereocenters. The van der Waals surface area contributed by atoms with Gasteiger partial charge in [-0.15, -0.1) is 6.58 Å². The van der Waals surface area contributed by atoms with E-state index in [0.29, 0.717) is 0 Å². The third-order valence-electron chi connectivity index (χ3n) is 2.43. The molecule has 0 nitrogen and oxygen atoms in total. The summed E-state index contributed by atoms with van der Waals surface area (Å²) in [5.74, 6) is -0.290. The summed E-state index contributed by atoms with van der Waals surface area (Å²) >= 11 is 0. The molecule has 0 aliphatic carbocycles. The topological polar surface area (TPSA) is 0 Å². The first-order valence-corrected chi connectivity index (χ1v) is 4.67. The van der Waals surface area contributed by atoms with E-state index in [-0.39, 0.29) is 17.0 Å². The van der Waals surface area contributed by atoms with Crippen molar-refractivity contribution >= 4 is 0 Å². The third kappa shape index (κ3) is 2.41. The van der Waals surface area contributed by atoms with Gasteiger partial charge in [-0.2, -0.15) is 13.2 Å². The normalized spacial score (nSPS) is 13.7. The molecule has 0 spiro atoms. The molecule has 0 bridgehead atoms. The van der Waals surface area contributed by atoms with Crippen LogP contribution in [-0.4, -0.2) is 0 Å². The lowest BCUT2D eigenvalue weighted by Crippen LogP contribution is -2.12. The molecule has 15 heavy (non-hydrogen) atoms. The number of aryl methyl sites for hydroxylation is 1. The van der Waals surface area contributed by atoms with Crippen molar-refractivity contribution in [3.63, 3.8) is 0 Å². The minimum Gasteiger partial charge on any atom is -0.166 e. The smallest absolute Gasteiger partial charge is 0.166 e. The first-order chi connectivity index (χ1) is 6.88. The van der Waals surface area contributed by atoms with Gasteiger partial charge in [0.25, 0.3) is 0 Å². The Morgan fingerprint density at radius 1 is 1.33 bits per heavy atom. The molecule has 3 heteroatoms. The van der Waals surface area contributed by atoms with E-state index in [2.05, 4.69) is 6.58 Å². The highest BCUT2D eigenvalue weighted by molar-refractivity contribution is 5.40. The van der Waals surface area contributed by atoms with Gasteiger partial charge in [-0.05, 0) is 24.0 Å². The van der Waals surface area contributed by atoms with E-state index < -0.39 is 11.7 Å².